The number of thiophene rings is 4. The summed E-state index contributed by atoms with van der Waals surface area (Å²) in [5, 5.41) is 23.2. The number of hydrogen-bond donors (Lipinski definition) is 0. The van der Waals surface area contributed by atoms with Crippen molar-refractivity contribution in [1.29, 1.82) is 10.5 Å². The number of aromatic nitrogens is 2. The van der Waals surface area contributed by atoms with Crippen molar-refractivity contribution in [1.82, 2.24) is 9.13 Å². The van der Waals surface area contributed by atoms with Crippen LogP contribution in [0.25, 0.3) is 53.5 Å². The minimum absolute atomic E-state index is 0.687. The number of allylic oxidation sites excluding steroid dienone is 2. The van der Waals surface area contributed by atoms with Crippen LogP contribution in [0.15, 0.2) is 59.3 Å². The molecule has 0 amide bonds. The summed E-state index contributed by atoms with van der Waals surface area (Å²) in [6.45, 7) is 0. The average molecular weight is 539 g/mol. The molecule has 0 saturated heterocycles. The number of nitriles is 2. The molecule has 174 valence electrons. The minimum atomic E-state index is 0.687. The first-order valence-electron chi connectivity index (χ1n) is 11.1. The first-order valence-corrected chi connectivity index (χ1v) is 14.4. The third-order valence-electron chi connectivity index (χ3n) is 6.18. The van der Waals surface area contributed by atoms with Gasteiger partial charge in [0.15, 0.2) is 0 Å². The molecule has 6 heterocycles. The van der Waals surface area contributed by atoms with E-state index in [4.69, 9.17) is 0 Å². The van der Waals surface area contributed by atoms with Gasteiger partial charge in [0.1, 0.15) is 12.1 Å². The number of nitrogens with zero attached hydrogens (tertiary/aromatic N) is 4. The summed E-state index contributed by atoms with van der Waals surface area (Å²) in [7, 11) is 4.11. The van der Waals surface area contributed by atoms with E-state index in [9.17, 15) is 10.5 Å². The molecule has 0 aliphatic heterocycles. The van der Waals surface area contributed by atoms with Gasteiger partial charge in [-0.3, -0.25) is 0 Å². The fraction of sp³-hybridized carbons (Fsp3) is 0.0714. The molecule has 0 atom stereocenters. The van der Waals surface area contributed by atoms with Crippen LogP contribution in [0.4, 0.5) is 0 Å². The van der Waals surface area contributed by atoms with Crippen molar-refractivity contribution in [2.24, 2.45) is 14.1 Å². The first kappa shape index (κ1) is 22.8. The summed E-state index contributed by atoms with van der Waals surface area (Å²) in [6.07, 6.45) is 3.94. The lowest BCUT2D eigenvalue weighted by molar-refractivity contribution is 0.955. The lowest BCUT2D eigenvalue weighted by Crippen LogP contribution is -1.90. The molecule has 0 aliphatic carbocycles. The Balaban J connectivity index is 1.34. The third-order valence-corrected chi connectivity index (χ3v) is 10.3. The van der Waals surface area contributed by atoms with Gasteiger partial charge in [-0.1, -0.05) is 12.1 Å². The van der Waals surface area contributed by atoms with Gasteiger partial charge in [0.25, 0.3) is 0 Å². The van der Waals surface area contributed by atoms with E-state index < -0.39 is 0 Å². The molecule has 0 saturated carbocycles. The number of rotatable bonds is 5. The smallest absolute Gasteiger partial charge is 0.101 e. The lowest BCUT2D eigenvalue weighted by atomic mass is 10.2. The molecule has 6 aromatic heterocycles. The summed E-state index contributed by atoms with van der Waals surface area (Å²) in [5.41, 5.74) is 5.76. The van der Waals surface area contributed by atoms with Crippen LogP contribution in [0.1, 0.15) is 21.1 Å². The Kier molecular flexibility index (Phi) is 5.75. The number of hydrogen-bond acceptors (Lipinski definition) is 6. The Hall–Kier alpha value is -3.66. The highest BCUT2D eigenvalue weighted by Gasteiger charge is 2.16. The minimum Gasteiger partial charge on any atom is -0.343 e. The van der Waals surface area contributed by atoms with Crippen LogP contribution in [0, 0.1) is 22.7 Å². The maximum atomic E-state index is 9.63. The van der Waals surface area contributed by atoms with Crippen LogP contribution >= 0.6 is 45.3 Å². The highest BCUT2D eigenvalue weighted by molar-refractivity contribution is 7.28. The van der Waals surface area contributed by atoms with Gasteiger partial charge in [-0.2, -0.15) is 10.5 Å². The summed E-state index contributed by atoms with van der Waals surface area (Å²) in [4.78, 5) is 4.44. The summed E-state index contributed by atoms with van der Waals surface area (Å²) < 4.78 is 6.73. The monoisotopic (exact) mass is 538 g/mol. The molecule has 6 aromatic rings. The zero-order valence-corrected chi connectivity index (χ0v) is 22.6. The number of aryl methyl sites for hydroxylation is 2. The summed E-state index contributed by atoms with van der Waals surface area (Å²) in [6, 6.07) is 21.4. The molecule has 6 rings (SSSR count). The lowest BCUT2D eigenvalue weighted by Gasteiger charge is -2.00. The fourth-order valence-corrected chi connectivity index (χ4v) is 7.99. The van der Waals surface area contributed by atoms with Crippen LogP contribution < -0.4 is 0 Å². The highest BCUT2D eigenvalue weighted by Crippen LogP contribution is 2.42. The molecule has 0 spiro atoms. The van der Waals surface area contributed by atoms with Crippen molar-refractivity contribution < 1.29 is 0 Å². The Morgan fingerprint density at radius 2 is 1.17 bits per heavy atom. The topological polar surface area (TPSA) is 57.4 Å². The molecule has 0 radical (unpaired) electrons. The van der Waals surface area contributed by atoms with E-state index in [0.29, 0.717) is 11.1 Å². The van der Waals surface area contributed by atoms with Gasteiger partial charge in [-0.25, -0.2) is 0 Å². The van der Waals surface area contributed by atoms with Crippen molar-refractivity contribution in [2.75, 3.05) is 0 Å². The summed E-state index contributed by atoms with van der Waals surface area (Å²) in [5.74, 6) is 0. The fourth-order valence-electron chi connectivity index (χ4n) is 4.26. The van der Waals surface area contributed by atoms with Gasteiger partial charge in [-0.05, 0) is 59.3 Å². The van der Waals surface area contributed by atoms with E-state index in [1.54, 1.807) is 45.3 Å². The van der Waals surface area contributed by atoms with Gasteiger partial charge < -0.3 is 9.13 Å². The maximum absolute atomic E-state index is 9.63. The molecule has 0 aliphatic rings. The Labute approximate surface area is 224 Å². The second kappa shape index (κ2) is 9.09. The van der Waals surface area contributed by atoms with Crippen LogP contribution in [-0.4, -0.2) is 9.13 Å². The van der Waals surface area contributed by atoms with Crippen molar-refractivity contribution in [3.05, 3.63) is 80.4 Å². The molecule has 8 heteroatoms. The molecule has 36 heavy (non-hydrogen) atoms. The predicted octanol–water partition coefficient (Wildman–Crippen LogP) is 8.71. The summed E-state index contributed by atoms with van der Waals surface area (Å²) >= 11 is 6.71. The van der Waals surface area contributed by atoms with E-state index in [0.717, 1.165) is 21.1 Å². The standard InChI is InChI=1S/C28H18N4S4/c1-31-19(9-17(15-29)23-5-3-7-33-23)11-25-21(31)13-27(35-25)28-14-22-26(36-28)12-20(32(22)2)10-18(16-30)24-6-4-8-34-24/h3-14H,1-2H3. The van der Waals surface area contributed by atoms with E-state index in [1.165, 1.54) is 30.2 Å². The SMILES string of the molecule is Cn1c(C=C(C#N)c2cccs2)cc2sc(-c3cc4c(cc(C=C(C#N)c5cccs5)n4C)s3)cc21. The van der Waals surface area contributed by atoms with Crippen LogP contribution in [0.5, 0.6) is 0 Å². The molecule has 0 unspecified atom stereocenters. The Bertz CT molecular complexity index is 1730. The highest BCUT2D eigenvalue weighted by atomic mass is 32.1. The molecule has 0 aromatic carbocycles. The third kappa shape index (κ3) is 3.85. The maximum Gasteiger partial charge on any atom is 0.101 e. The Morgan fingerprint density at radius 1 is 0.722 bits per heavy atom. The van der Waals surface area contributed by atoms with Crippen LogP contribution in [0.3, 0.4) is 0 Å². The van der Waals surface area contributed by atoms with E-state index in [-0.39, 0.29) is 0 Å². The van der Waals surface area contributed by atoms with Gasteiger partial charge >= 0.3 is 0 Å². The van der Waals surface area contributed by atoms with Crippen molar-refractivity contribution >= 4 is 89.1 Å². The molecule has 0 fully saturated rings. The van der Waals surface area contributed by atoms with Crippen LogP contribution in [-0.2, 0) is 14.1 Å². The van der Waals surface area contributed by atoms with E-state index >= 15 is 0 Å². The zero-order valence-electron chi connectivity index (χ0n) is 19.4. The van der Waals surface area contributed by atoms with Gasteiger partial charge in [0.05, 0.1) is 31.6 Å². The molecule has 4 nitrogen and oxygen atoms in total. The predicted molar refractivity (Wildman–Crippen MR) is 156 cm³/mol. The van der Waals surface area contributed by atoms with E-state index in [1.807, 2.05) is 47.2 Å². The molecular weight excluding hydrogens is 521 g/mol. The molecule has 0 N–H and O–H groups in total. The molecule has 0 bridgehead atoms. The normalized spacial score (nSPS) is 12.4. The van der Waals surface area contributed by atoms with Crippen molar-refractivity contribution in [3.63, 3.8) is 0 Å². The zero-order chi connectivity index (χ0) is 24.8. The van der Waals surface area contributed by atoms with E-state index in [2.05, 4.69) is 59.6 Å². The van der Waals surface area contributed by atoms with Gasteiger partial charge in [0, 0.05) is 45.0 Å². The number of fused-ring (bicyclic) bond motifs is 2. The van der Waals surface area contributed by atoms with Crippen molar-refractivity contribution in [3.8, 4) is 21.9 Å². The molecular formula is C28H18N4S4. The average Bonchev–Trinajstić information content (AvgIpc) is 3.70. The largest absolute Gasteiger partial charge is 0.343 e. The second-order valence-electron chi connectivity index (χ2n) is 8.27. The van der Waals surface area contributed by atoms with Crippen LogP contribution in [0.2, 0.25) is 0 Å². The van der Waals surface area contributed by atoms with Gasteiger partial charge in [0.2, 0.25) is 0 Å². The quantitative estimate of drug-likeness (QED) is 0.206. The second-order valence-corrected chi connectivity index (χ2v) is 12.3. The van der Waals surface area contributed by atoms with Gasteiger partial charge in [-0.15, -0.1) is 45.3 Å². The Morgan fingerprint density at radius 3 is 1.50 bits per heavy atom. The van der Waals surface area contributed by atoms with Crippen molar-refractivity contribution in [2.45, 2.75) is 0 Å². The first-order chi connectivity index (χ1) is 17.6.